The van der Waals surface area contributed by atoms with Crippen molar-refractivity contribution in [3.05, 3.63) is 27.3 Å². The molecule has 0 aromatic heterocycles. The van der Waals surface area contributed by atoms with E-state index in [1.807, 2.05) is 0 Å². The average molecular weight is 435 g/mol. The number of hydrogen-bond acceptors (Lipinski definition) is 1. The van der Waals surface area contributed by atoms with Crippen LogP contribution < -0.4 is 4.74 Å². The van der Waals surface area contributed by atoms with Crippen LogP contribution in [0.1, 0.15) is 39.2 Å². The van der Waals surface area contributed by atoms with Crippen molar-refractivity contribution in [3.8, 4) is 5.75 Å². The van der Waals surface area contributed by atoms with Gasteiger partial charge in [-0.15, -0.1) is 0 Å². The fourth-order valence-electron chi connectivity index (χ4n) is 3.84. The Balaban J connectivity index is 2.04. The van der Waals surface area contributed by atoms with Crippen LogP contribution in [0.4, 0.5) is 0 Å². The molecule has 1 aliphatic heterocycles. The lowest BCUT2D eigenvalue weighted by Gasteiger charge is -2.55. The molecule has 0 radical (unpaired) electrons. The molecule has 104 valence electrons. The van der Waals surface area contributed by atoms with E-state index in [4.69, 9.17) is 4.74 Å². The molecule has 3 heteroatoms. The highest BCUT2D eigenvalue weighted by Gasteiger charge is 2.53. The van der Waals surface area contributed by atoms with Crippen molar-refractivity contribution in [1.29, 1.82) is 0 Å². The van der Waals surface area contributed by atoms with Gasteiger partial charge < -0.3 is 4.74 Å². The highest BCUT2D eigenvalue weighted by Crippen LogP contribution is 2.54. The van der Waals surface area contributed by atoms with E-state index in [1.54, 1.807) is 0 Å². The first kappa shape index (κ1) is 14.2. The topological polar surface area (TPSA) is 9.23 Å². The fourth-order valence-corrected chi connectivity index (χ4v) is 4.95. The second-order valence-corrected chi connectivity index (χ2v) is 9.10. The van der Waals surface area contributed by atoms with Gasteiger partial charge in [0.2, 0.25) is 0 Å². The van der Waals surface area contributed by atoms with Gasteiger partial charge in [0.05, 0.1) is 0 Å². The van der Waals surface area contributed by atoms with Gasteiger partial charge >= 0.3 is 0 Å². The van der Waals surface area contributed by atoms with E-state index in [2.05, 4.69) is 77.5 Å². The summed E-state index contributed by atoms with van der Waals surface area (Å²) < 4.78 is 7.74. The highest BCUT2D eigenvalue weighted by atomic mass is 127. The minimum Gasteiger partial charge on any atom is -0.487 e. The van der Waals surface area contributed by atoms with Gasteiger partial charge in [0.15, 0.2) is 0 Å². The molecular formula is C16H20BrIO. The van der Waals surface area contributed by atoms with Crippen LogP contribution in [-0.4, -0.2) is 10.4 Å². The summed E-state index contributed by atoms with van der Waals surface area (Å²) in [7, 11) is 0. The maximum Gasteiger partial charge on any atom is 0.123 e. The average Bonchev–Trinajstić information content (AvgIpc) is 2.34. The minimum absolute atomic E-state index is 0.00639. The highest BCUT2D eigenvalue weighted by molar-refractivity contribution is 14.1. The monoisotopic (exact) mass is 434 g/mol. The number of alkyl halides is 1. The number of hydrogen-bond donors (Lipinski definition) is 0. The van der Waals surface area contributed by atoms with Crippen LogP contribution in [-0.2, 0) is 6.42 Å². The second-order valence-electron chi connectivity index (χ2n) is 6.75. The van der Waals surface area contributed by atoms with Gasteiger partial charge in [-0.2, -0.15) is 0 Å². The van der Waals surface area contributed by atoms with Gasteiger partial charge in [-0.25, -0.2) is 0 Å². The molecular weight excluding hydrogens is 415 g/mol. The molecule has 1 saturated carbocycles. The van der Waals surface area contributed by atoms with E-state index in [0.29, 0.717) is 10.7 Å². The van der Waals surface area contributed by atoms with E-state index in [1.165, 1.54) is 15.6 Å². The van der Waals surface area contributed by atoms with Gasteiger partial charge in [0.1, 0.15) is 11.4 Å². The summed E-state index contributed by atoms with van der Waals surface area (Å²) in [6.07, 6.45) is 3.47. The van der Waals surface area contributed by atoms with Crippen LogP contribution in [0.15, 0.2) is 18.2 Å². The molecule has 1 heterocycles. The van der Waals surface area contributed by atoms with Crippen LogP contribution in [0.3, 0.4) is 0 Å². The van der Waals surface area contributed by atoms with Crippen LogP contribution in [0, 0.1) is 14.9 Å². The zero-order valence-corrected chi connectivity index (χ0v) is 15.4. The molecule has 0 spiro atoms. The van der Waals surface area contributed by atoms with Crippen molar-refractivity contribution >= 4 is 38.5 Å². The first-order chi connectivity index (χ1) is 8.83. The van der Waals surface area contributed by atoms with E-state index in [-0.39, 0.29) is 11.0 Å². The molecule has 19 heavy (non-hydrogen) atoms. The standard InChI is InChI=1S/C16H20BrIO/c1-15(2)13-9-10-8-11(18)4-5-12(10)19-16(13,3)7-6-14(15)17/h4-5,8,13-14H,6-7,9H2,1-3H3/t13-,14-,16+/m0/s1. The summed E-state index contributed by atoms with van der Waals surface area (Å²) in [5.74, 6) is 1.67. The van der Waals surface area contributed by atoms with Crippen molar-refractivity contribution in [3.63, 3.8) is 0 Å². The summed E-state index contributed by atoms with van der Waals surface area (Å²) in [5.41, 5.74) is 1.64. The molecule has 0 amide bonds. The van der Waals surface area contributed by atoms with Crippen molar-refractivity contribution in [1.82, 2.24) is 0 Å². The normalized spacial score (nSPS) is 36.1. The molecule has 0 unspecified atom stereocenters. The van der Waals surface area contributed by atoms with Gasteiger partial charge in [-0.3, -0.25) is 0 Å². The zero-order valence-electron chi connectivity index (χ0n) is 11.7. The molecule has 1 aromatic rings. The lowest BCUT2D eigenvalue weighted by Crippen LogP contribution is -2.57. The summed E-state index contributed by atoms with van der Waals surface area (Å²) in [6.45, 7) is 7.08. The van der Waals surface area contributed by atoms with Crippen molar-refractivity contribution in [2.45, 2.75) is 50.5 Å². The van der Waals surface area contributed by atoms with Gasteiger partial charge in [0, 0.05) is 14.3 Å². The molecule has 0 N–H and O–H groups in total. The minimum atomic E-state index is -0.00639. The Labute approximate surface area is 137 Å². The summed E-state index contributed by atoms with van der Waals surface area (Å²) in [4.78, 5) is 0.589. The van der Waals surface area contributed by atoms with E-state index in [0.717, 1.165) is 18.6 Å². The van der Waals surface area contributed by atoms with Crippen LogP contribution >= 0.6 is 38.5 Å². The third-order valence-corrected chi connectivity index (χ3v) is 7.44. The van der Waals surface area contributed by atoms with Crippen LogP contribution in [0.5, 0.6) is 5.75 Å². The largest absolute Gasteiger partial charge is 0.487 e. The predicted molar refractivity (Wildman–Crippen MR) is 91.1 cm³/mol. The Morgan fingerprint density at radius 1 is 1.32 bits per heavy atom. The van der Waals surface area contributed by atoms with E-state index >= 15 is 0 Å². The third kappa shape index (κ3) is 2.25. The SMILES string of the molecule is CC1(C)[C@@H](Br)CC[C@@]2(C)Oc3ccc(I)cc3C[C@@H]12. The summed E-state index contributed by atoms with van der Waals surface area (Å²) in [6, 6.07) is 6.57. The van der Waals surface area contributed by atoms with Gasteiger partial charge in [0.25, 0.3) is 0 Å². The second kappa shape index (κ2) is 4.62. The Kier molecular flexibility index (Phi) is 3.45. The number of benzene rings is 1. The Hall–Kier alpha value is 0.230. The number of rotatable bonds is 0. The molecule has 0 saturated heterocycles. The van der Waals surface area contributed by atoms with Crippen LogP contribution in [0.2, 0.25) is 0 Å². The summed E-state index contributed by atoms with van der Waals surface area (Å²) in [5, 5.41) is 0. The van der Waals surface area contributed by atoms with Gasteiger partial charge in [-0.05, 0) is 78.0 Å². The maximum atomic E-state index is 6.44. The third-order valence-electron chi connectivity index (χ3n) is 5.13. The number of halogens is 2. The molecule has 1 fully saturated rings. The summed E-state index contributed by atoms with van der Waals surface area (Å²) >= 11 is 6.28. The molecule has 3 atom stereocenters. The first-order valence-corrected chi connectivity index (χ1v) is 8.94. The Morgan fingerprint density at radius 3 is 2.79 bits per heavy atom. The number of fused-ring (bicyclic) bond motifs is 2. The molecule has 3 rings (SSSR count). The Morgan fingerprint density at radius 2 is 2.05 bits per heavy atom. The van der Waals surface area contributed by atoms with Crippen LogP contribution in [0.25, 0.3) is 0 Å². The Bertz CT molecular complexity index is 513. The fraction of sp³-hybridized carbons (Fsp3) is 0.625. The molecule has 1 aliphatic carbocycles. The van der Waals surface area contributed by atoms with E-state index in [9.17, 15) is 0 Å². The molecule has 0 bridgehead atoms. The first-order valence-electron chi connectivity index (χ1n) is 6.94. The molecule has 1 nitrogen and oxygen atoms in total. The maximum absolute atomic E-state index is 6.44. The van der Waals surface area contributed by atoms with Gasteiger partial charge in [-0.1, -0.05) is 29.8 Å². The van der Waals surface area contributed by atoms with Crippen molar-refractivity contribution in [2.24, 2.45) is 11.3 Å². The zero-order chi connectivity index (χ0) is 13.8. The van der Waals surface area contributed by atoms with E-state index < -0.39 is 0 Å². The molecule has 1 aromatic carbocycles. The van der Waals surface area contributed by atoms with Crippen molar-refractivity contribution < 1.29 is 4.74 Å². The lowest BCUT2D eigenvalue weighted by atomic mass is 9.59. The van der Waals surface area contributed by atoms with Crippen molar-refractivity contribution in [2.75, 3.05) is 0 Å². The predicted octanol–water partition coefficient (Wildman–Crippen LogP) is 5.18. The lowest BCUT2D eigenvalue weighted by molar-refractivity contribution is -0.0772. The quantitative estimate of drug-likeness (QED) is 0.403. The number of ether oxygens (including phenoxy) is 1. The molecule has 2 aliphatic rings. The smallest absolute Gasteiger partial charge is 0.123 e.